The van der Waals surface area contributed by atoms with Crippen molar-refractivity contribution in [3.63, 3.8) is 0 Å². The topological polar surface area (TPSA) is 29.5 Å². The van der Waals surface area contributed by atoms with Gasteiger partial charge in [-0.05, 0) is 24.6 Å². The van der Waals surface area contributed by atoms with Crippen molar-refractivity contribution >= 4 is 15.9 Å². The van der Waals surface area contributed by atoms with Gasteiger partial charge in [-0.3, -0.25) is 0 Å². The van der Waals surface area contributed by atoms with Crippen molar-refractivity contribution in [2.75, 3.05) is 6.61 Å². The molecule has 1 rings (SSSR count). The first-order valence-electron chi connectivity index (χ1n) is 4.33. The molecule has 1 aromatic rings. The maximum atomic E-state index is 9.34. The quantitative estimate of drug-likeness (QED) is 0.898. The van der Waals surface area contributed by atoms with Crippen molar-refractivity contribution in [2.24, 2.45) is 0 Å². The average Bonchev–Trinajstić information content (AvgIpc) is 2.15. The fourth-order valence-electron chi connectivity index (χ4n) is 1.03. The third kappa shape index (κ3) is 3.52. The molecule has 0 aliphatic heterocycles. The van der Waals surface area contributed by atoms with Crippen LogP contribution in [0.3, 0.4) is 0 Å². The molecule has 0 bridgehead atoms. The molecule has 0 heterocycles. The largest absolute Gasteiger partial charge is 0.488 e. The predicted molar refractivity (Wildman–Crippen MR) is 60.6 cm³/mol. The molecule has 3 heteroatoms. The third-order valence-corrected chi connectivity index (χ3v) is 1.96. The van der Waals surface area contributed by atoms with Crippen molar-refractivity contribution in [2.45, 2.75) is 13.0 Å². The summed E-state index contributed by atoms with van der Waals surface area (Å²) in [6.45, 7) is 5.83. The zero-order chi connectivity index (χ0) is 10.6. The Bertz CT molecular complexity index is 321. The Labute approximate surface area is 92.3 Å². The van der Waals surface area contributed by atoms with Gasteiger partial charge in [0, 0.05) is 4.48 Å². The summed E-state index contributed by atoms with van der Waals surface area (Å²) in [7, 11) is 0. The number of rotatable bonds is 4. The van der Waals surface area contributed by atoms with Crippen LogP contribution in [0.15, 0.2) is 35.3 Å². The molecule has 0 amide bonds. The number of aliphatic hydroxyl groups is 1. The summed E-state index contributed by atoms with van der Waals surface area (Å²) in [6, 6.07) is 7.39. The minimum atomic E-state index is -0.467. The first-order chi connectivity index (χ1) is 6.59. The molecular weight excluding hydrogens is 244 g/mol. The molecule has 0 fully saturated rings. The summed E-state index contributed by atoms with van der Waals surface area (Å²) < 4.78 is 6.19. The zero-order valence-electron chi connectivity index (χ0n) is 8.03. The van der Waals surface area contributed by atoms with Crippen molar-refractivity contribution in [3.05, 3.63) is 40.9 Å². The number of ether oxygens (including phenoxy) is 1. The van der Waals surface area contributed by atoms with Crippen LogP contribution in [0.2, 0.25) is 0 Å². The van der Waals surface area contributed by atoms with Gasteiger partial charge in [0.05, 0.1) is 6.10 Å². The Morgan fingerprint density at radius 3 is 2.93 bits per heavy atom. The molecule has 76 valence electrons. The summed E-state index contributed by atoms with van der Waals surface area (Å²) in [5, 5.41) is 9.34. The van der Waals surface area contributed by atoms with E-state index in [1.807, 2.05) is 24.3 Å². The van der Waals surface area contributed by atoms with Crippen LogP contribution in [0.5, 0.6) is 5.75 Å². The smallest absolute Gasteiger partial charge is 0.120 e. The molecule has 0 radical (unpaired) electrons. The van der Waals surface area contributed by atoms with Crippen LogP contribution in [0.25, 0.3) is 0 Å². The van der Waals surface area contributed by atoms with E-state index in [0.717, 1.165) is 15.8 Å². The normalized spacial score (nSPS) is 12.2. The molecule has 1 atom stereocenters. The van der Waals surface area contributed by atoms with Crippen LogP contribution >= 0.6 is 15.9 Å². The summed E-state index contributed by atoms with van der Waals surface area (Å²) in [6.07, 6.45) is -0.467. The Morgan fingerprint density at radius 2 is 2.36 bits per heavy atom. The number of hydrogen-bond donors (Lipinski definition) is 1. The lowest BCUT2D eigenvalue weighted by Crippen LogP contribution is -1.97. The van der Waals surface area contributed by atoms with Crippen LogP contribution in [0, 0.1) is 0 Å². The molecule has 1 N–H and O–H groups in total. The van der Waals surface area contributed by atoms with Crippen molar-refractivity contribution in [1.29, 1.82) is 0 Å². The van der Waals surface area contributed by atoms with E-state index in [4.69, 9.17) is 4.74 Å². The van der Waals surface area contributed by atoms with E-state index in [0.29, 0.717) is 6.61 Å². The number of aliphatic hydroxyl groups excluding tert-OH is 1. The van der Waals surface area contributed by atoms with E-state index in [-0.39, 0.29) is 0 Å². The first kappa shape index (κ1) is 11.3. The van der Waals surface area contributed by atoms with Crippen LogP contribution in [-0.2, 0) is 0 Å². The summed E-state index contributed by atoms with van der Waals surface area (Å²) in [5.41, 5.74) is 0.850. The van der Waals surface area contributed by atoms with Crippen LogP contribution < -0.4 is 4.74 Å². The molecule has 0 unspecified atom stereocenters. The predicted octanol–water partition coefficient (Wildman–Crippen LogP) is 3.03. The van der Waals surface area contributed by atoms with Gasteiger partial charge in [0.2, 0.25) is 0 Å². The second-order valence-electron chi connectivity index (χ2n) is 3.05. The highest BCUT2D eigenvalue weighted by atomic mass is 79.9. The van der Waals surface area contributed by atoms with Gasteiger partial charge >= 0.3 is 0 Å². The summed E-state index contributed by atoms with van der Waals surface area (Å²) in [4.78, 5) is 0. The minimum Gasteiger partial charge on any atom is -0.488 e. The zero-order valence-corrected chi connectivity index (χ0v) is 9.62. The van der Waals surface area contributed by atoms with E-state index in [2.05, 4.69) is 22.5 Å². The molecule has 0 saturated heterocycles. The fraction of sp³-hybridized carbons (Fsp3) is 0.273. The van der Waals surface area contributed by atoms with E-state index in [1.54, 1.807) is 6.92 Å². The molecule has 0 spiro atoms. The second kappa shape index (κ2) is 5.17. The van der Waals surface area contributed by atoms with Crippen molar-refractivity contribution in [1.82, 2.24) is 0 Å². The van der Waals surface area contributed by atoms with Gasteiger partial charge < -0.3 is 9.84 Å². The Kier molecular flexibility index (Phi) is 4.17. The van der Waals surface area contributed by atoms with E-state index in [1.165, 1.54) is 0 Å². The second-order valence-corrected chi connectivity index (χ2v) is 4.18. The molecule has 0 saturated carbocycles. The highest BCUT2D eigenvalue weighted by Gasteiger charge is 2.01. The van der Waals surface area contributed by atoms with Crippen LogP contribution in [-0.4, -0.2) is 11.7 Å². The Hall–Kier alpha value is -0.800. The average molecular weight is 257 g/mol. The highest BCUT2D eigenvalue weighted by Crippen LogP contribution is 2.19. The van der Waals surface area contributed by atoms with Gasteiger partial charge in [0.25, 0.3) is 0 Å². The molecular formula is C11H13BrO2. The Balaban J connectivity index is 2.68. The van der Waals surface area contributed by atoms with E-state index < -0.39 is 6.10 Å². The monoisotopic (exact) mass is 256 g/mol. The maximum absolute atomic E-state index is 9.34. The lowest BCUT2D eigenvalue weighted by atomic mass is 10.1. The molecule has 0 aliphatic carbocycles. The number of hydrogen-bond acceptors (Lipinski definition) is 2. The molecule has 2 nitrogen and oxygen atoms in total. The SMILES string of the molecule is C=C(Br)COc1cccc([C@@H](C)O)c1. The van der Waals surface area contributed by atoms with Crippen LogP contribution in [0.4, 0.5) is 0 Å². The third-order valence-electron chi connectivity index (χ3n) is 1.74. The lowest BCUT2D eigenvalue weighted by molar-refractivity contribution is 0.198. The van der Waals surface area contributed by atoms with Gasteiger partial charge in [-0.25, -0.2) is 0 Å². The van der Waals surface area contributed by atoms with E-state index >= 15 is 0 Å². The number of benzene rings is 1. The van der Waals surface area contributed by atoms with Crippen molar-refractivity contribution < 1.29 is 9.84 Å². The molecule has 0 aromatic heterocycles. The standard InChI is InChI=1S/C11H13BrO2/c1-8(12)7-14-11-5-3-4-10(6-11)9(2)13/h3-6,9,13H,1,7H2,2H3/t9-/m1/s1. The number of halogens is 1. The summed E-state index contributed by atoms with van der Waals surface area (Å²) in [5.74, 6) is 0.740. The van der Waals surface area contributed by atoms with E-state index in [9.17, 15) is 5.11 Å². The fourth-order valence-corrected chi connectivity index (χ4v) is 1.14. The molecule has 1 aromatic carbocycles. The first-order valence-corrected chi connectivity index (χ1v) is 5.13. The van der Waals surface area contributed by atoms with Gasteiger partial charge in [0.15, 0.2) is 0 Å². The van der Waals surface area contributed by atoms with Crippen molar-refractivity contribution in [3.8, 4) is 5.75 Å². The van der Waals surface area contributed by atoms with Gasteiger partial charge in [-0.2, -0.15) is 0 Å². The summed E-state index contributed by atoms with van der Waals surface area (Å²) >= 11 is 3.21. The highest BCUT2D eigenvalue weighted by molar-refractivity contribution is 9.11. The lowest BCUT2D eigenvalue weighted by Gasteiger charge is -2.08. The molecule has 14 heavy (non-hydrogen) atoms. The van der Waals surface area contributed by atoms with Gasteiger partial charge in [-0.1, -0.05) is 34.6 Å². The van der Waals surface area contributed by atoms with Gasteiger partial charge in [-0.15, -0.1) is 0 Å². The maximum Gasteiger partial charge on any atom is 0.120 e. The minimum absolute atomic E-state index is 0.434. The van der Waals surface area contributed by atoms with Crippen LogP contribution in [0.1, 0.15) is 18.6 Å². The molecule has 0 aliphatic rings. The Morgan fingerprint density at radius 1 is 1.64 bits per heavy atom. The van der Waals surface area contributed by atoms with Gasteiger partial charge in [0.1, 0.15) is 12.4 Å².